The summed E-state index contributed by atoms with van der Waals surface area (Å²) < 4.78 is 43.7. The third-order valence-electron chi connectivity index (χ3n) is 13.9. The van der Waals surface area contributed by atoms with Gasteiger partial charge in [0.05, 0.1) is 33.8 Å². The fourth-order valence-electron chi connectivity index (χ4n) is 10.5. The van der Waals surface area contributed by atoms with Crippen LogP contribution >= 0.6 is 22.5 Å². The SMILES string of the molecule is Cn1c(=O)n(C2CCC(=O)NC2=O)c2ccc(N3CCC(O)(CC(=O)Nc4cccc(CS(=O)(=O)N5CC[C@@H](Nc6cccc(C7=C(Cl)C(OCC(=O)OC(C)(C)C)=C(C(=O)O)[SH]7C)c6)CC5(C)C)c4)CC3)cc21. The van der Waals surface area contributed by atoms with Crippen LogP contribution in [0.3, 0.4) is 0 Å². The molecule has 3 atom stereocenters. The average Bonchev–Trinajstić information content (AvgIpc) is 3.70. The number of nitrogens with one attached hydrogen (secondary N) is 3. The van der Waals surface area contributed by atoms with Gasteiger partial charge in [-0.2, -0.15) is 15.2 Å². The number of ether oxygens (including phenoxy) is 2. The summed E-state index contributed by atoms with van der Waals surface area (Å²) in [6, 6.07) is 18.7. The zero-order valence-electron chi connectivity index (χ0n) is 42.5. The number of nitrogens with zero attached hydrogens (tertiary/aromatic N) is 4. The van der Waals surface area contributed by atoms with Crippen LogP contribution in [0.15, 0.2) is 87.2 Å². The van der Waals surface area contributed by atoms with Gasteiger partial charge in [0.2, 0.25) is 27.7 Å². The van der Waals surface area contributed by atoms with Crippen LogP contribution in [0.4, 0.5) is 17.1 Å². The van der Waals surface area contributed by atoms with E-state index in [4.69, 9.17) is 21.1 Å². The zero-order chi connectivity index (χ0) is 53.7. The van der Waals surface area contributed by atoms with Gasteiger partial charge in [-0.05, 0) is 127 Å². The maximum absolute atomic E-state index is 14.1. The first kappa shape index (κ1) is 54.1. The van der Waals surface area contributed by atoms with Gasteiger partial charge in [0.15, 0.2) is 12.4 Å². The molecule has 3 aromatic carbocycles. The van der Waals surface area contributed by atoms with E-state index >= 15 is 0 Å². The largest absolute Gasteiger partial charge is 0.479 e. The van der Waals surface area contributed by atoms with E-state index in [1.54, 1.807) is 64.4 Å². The first-order valence-corrected chi connectivity index (χ1v) is 28.2. The van der Waals surface area contributed by atoms with Crippen LogP contribution < -0.4 is 26.5 Å². The molecule has 5 N–H and O–H groups in total. The Hall–Kier alpha value is -6.13. The minimum Gasteiger partial charge on any atom is -0.479 e. The number of aryl methyl sites for hydroxylation is 1. The standard InChI is InChI=1S/C52H64ClN7O12S2/c1-50(2,3)72-42(63)29-71-44-43(53)45(73(7)46(44)48(65)66)32-11-9-13-34(25-32)54-35-18-21-59(51(4,5)27-35)74(69,70)30-31-10-8-12-33(24-31)55-41(62)28-52(68)19-22-58(23-20-52)36-14-15-37-39(26-36)57(6)49(67)60(37)38-16-17-40(61)56-47(38)64/h8-15,24-26,35,38,54,68,73H,16-23,27-30H2,1-7H3,(H,55,62)(H,65,66)(H,56,61,64)/t35-,38?/m1/s1. The lowest BCUT2D eigenvalue weighted by Gasteiger charge is -2.45. The molecule has 5 heterocycles. The second-order valence-corrected chi connectivity index (χ2v) is 25.4. The maximum atomic E-state index is 14.1. The summed E-state index contributed by atoms with van der Waals surface area (Å²) in [4.78, 5) is 78.6. The molecular formula is C52H64ClN7O12S2. The molecule has 3 amide bonds. The van der Waals surface area contributed by atoms with Crippen molar-refractivity contribution in [3.63, 3.8) is 0 Å². The number of hydrogen-bond donors (Lipinski definition) is 6. The number of anilines is 3. The van der Waals surface area contributed by atoms with E-state index in [9.17, 15) is 47.4 Å². The molecule has 4 aliphatic rings. The zero-order valence-corrected chi connectivity index (χ0v) is 45.0. The lowest BCUT2D eigenvalue weighted by molar-refractivity contribution is -0.158. The molecule has 0 spiro atoms. The van der Waals surface area contributed by atoms with E-state index in [1.807, 2.05) is 50.2 Å². The summed E-state index contributed by atoms with van der Waals surface area (Å²) in [6.45, 7) is 9.52. The smallest absolute Gasteiger partial charge is 0.344 e. The molecule has 22 heteroatoms. The highest BCUT2D eigenvalue weighted by molar-refractivity contribution is 8.28. The molecule has 8 rings (SSSR count). The lowest BCUT2D eigenvalue weighted by Crippen LogP contribution is -2.55. The van der Waals surface area contributed by atoms with Gasteiger partial charge in [0, 0.05) is 66.7 Å². The van der Waals surface area contributed by atoms with Crippen molar-refractivity contribution in [1.82, 2.24) is 18.8 Å². The average molecular weight is 1080 g/mol. The van der Waals surface area contributed by atoms with Crippen molar-refractivity contribution in [1.29, 1.82) is 0 Å². The van der Waals surface area contributed by atoms with Crippen molar-refractivity contribution in [2.45, 2.75) is 114 Å². The Labute approximate surface area is 437 Å². The molecule has 1 aromatic heterocycles. The summed E-state index contributed by atoms with van der Waals surface area (Å²) in [5, 5.41) is 30.6. The number of carboxylic acid groups (broad SMARTS) is 1. The second-order valence-electron chi connectivity index (χ2n) is 21.1. The normalized spacial score (nSPS) is 21.9. The molecule has 0 aliphatic carbocycles. The van der Waals surface area contributed by atoms with Gasteiger partial charge < -0.3 is 35.2 Å². The highest BCUT2D eigenvalue weighted by atomic mass is 35.5. The molecule has 74 heavy (non-hydrogen) atoms. The minimum atomic E-state index is -3.85. The third kappa shape index (κ3) is 11.7. The summed E-state index contributed by atoms with van der Waals surface area (Å²) in [6.07, 6.45) is 3.52. The molecule has 0 saturated carbocycles. The van der Waals surface area contributed by atoms with Gasteiger partial charge in [0.1, 0.15) is 16.5 Å². The minimum absolute atomic E-state index is 0.00867. The number of thiol groups is 1. The predicted octanol–water partition coefficient (Wildman–Crippen LogP) is 6.07. The van der Waals surface area contributed by atoms with Gasteiger partial charge in [-0.15, -0.1) is 0 Å². The summed E-state index contributed by atoms with van der Waals surface area (Å²) in [7, 11) is -3.68. The van der Waals surface area contributed by atoms with Gasteiger partial charge >= 0.3 is 17.6 Å². The Morgan fingerprint density at radius 3 is 2.32 bits per heavy atom. The number of halogens is 1. The number of aliphatic carboxylic acids is 1. The molecule has 3 saturated heterocycles. The highest BCUT2D eigenvalue weighted by Gasteiger charge is 2.42. The Bertz CT molecular complexity index is 3170. The van der Waals surface area contributed by atoms with Crippen molar-refractivity contribution < 1.29 is 52.1 Å². The number of fused-ring (bicyclic) bond motifs is 1. The number of rotatable bonds is 15. The van der Waals surface area contributed by atoms with Gasteiger partial charge in [0.25, 0.3) is 0 Å². The van der Waals surface area contributed by atoms with Crippen LogP contribution in [0.1, 0.15) is 96.7 Å². The van der Waals surface area contributed by atoms with Gasteiger partial charge in [-0.1, -0.05) is 35.9 Å². The number of sulfonamides is 1. The Morgan fingerprint density at radius 2 is 1.65 bits per heavy atom. The monoisotopic (exact) mass is 1080 g/mol. The van der Waals surface area contributed by atoms with E-state index in [2.05, 4.69) is 20.9 Å². The van der Waals surface area contributed by atoms with E-state index in [0.717, 1.165) is 11.4 Å². The first-order chi connectivity index (χ1) is 34.7. The molecule has 19 nitrogen and oxygen atoms in total. The second kappa shape index (κ2) is 20.9. The number of imidazole rings is 1. The molecule has 0 bridgehead atoms. The molecule has 2 unspecified atom stereocenters. The Balaban J connectivity index is 0.846. The number of hydrogen-bond acceptors (Lipinski definition) is 13. The van der Waals surface area contributed by atoms with E-state index < -0.39 is 74.1 Å². The van der Waals surface area contributed by atoms with Crippen molar-refractivity contribution in [2.24, 2.45) is 7.05 Å². The number of carboxylic acids is 1. The molecule has 4 aliphatic heterocycles. The van der Waals surface area contributed by atoms with Crippen LogP contribution in [0.5, 0.6) is 0 Å². The highest BCUT2D eigenvalue weighted by Crippen LogP contribution is 2.57. The maximum Gasteiger partial charge on any atom is 0.344 e. The first-order valence-electron chi connectivity index (χ1n) is 24.5. The molecular weight excluding hydrogens is 1010 g/mol. The molecule has 0 radical (unpaired) electrons. The molecule has 398 valence electrons. The van der Waals surface area contributed by atoms with Crippen molar-refractivity contribution in [2.75, 3.05) is 48.0 Å². The summed E-state index contributed by atoms with van der Waals surface area (Å²) in [5.41, 5.74) is 1.12. The number of esters is 1. The fourth-order valence-corrected chi connectivity index (χ4v) is 15.1. The number of carbonyl (C=O) groups is 5. The van der Waals surface area contributed by atoms with Gasteiger partial charge in [-0.3, -0.25) is 28.8 Å². The van der Waals surface area contributed by atoms with E-state index in [1.165, 1.54) is 13.4 Å². The molecule has 3 fully saturated rings. The van der Waals surface area contributed by atoms with Crippen LogP contribution in [-0.2, 0) is 56.3 Å². The number of carbonyl (C=O) groups excluding carboxylic acids is 4. The van der Waals surface area contributed by atoms with Crippen LogP contribution in [0.25, 0.3) is 15.9 Å². The number of aromatic nitrogens is 2. The Morgan fingerprint density at radius 1 is 0.946 bits per heavy atom. The summed E-state index contributed by atoms with van der Waals surface area (Å²) >= 11 is 6.82. The van der Waals surface area contributed by atoms with Crippen molar-refractivity contribution in [3.8, 4) is 0 Å². The van der Waals surface area contributed by atoms with Crippen LogP contribution in [0, 0.1) is 0 Å². The number of amides is 3. The van der Waals surface area contributed by atoms with Crippen LogP contribution in [0.2, 0.25) is 0 Å². The number of aliphatic hydroxyl groups is 1. The van der Waals surface area contributed by atoms with Crippen molar-refractivity contribution in [3.05, 3.63) is 104 Å². The van der Waals surface area contributed by atoms with Crippen LogP contribution in [-0.4, -0.2) is 117 Å². The van der Waals surface area contributed by atoms with Gasteiger partial charge in [-0.25, -0.2) is 22.8 Å². The quantitative estimate of drug-likeness (QED) is 0.0450. The molecule has 4 aromatic rings. The van der Waals surface area contributed by atoms with E-state index in [0.29, 0.717) is 58.7 Å². The summed E-state index contributed by atoms with van der Waals surface area (Å²) in [5.74, 6) is -3.50. The number of benzene rings is 3. The number of allylic oxidation sites excluding steroid dienone is 1. The van der Waals surface area contributed by atoms with Crippen molar-refractivity contribution >= 4 is 95.2 Å². The van der Waals surface area contributed by atoms with E-state index in [-0.39, 0.29) is 77.7 Å². The number of imide groups is 1. The lowest BCUT2D eigenvalue weighted by atomic mass is 9.87. The number of piperidine rings is 3. The fraction of sp³-hybridized carbons (Fsp3) is 0.462. The third-order valence-corrected chi connectivity index (χ3v) is 18.7. The Kier molecular flexibility index (Phi) is 15.3. The topological polar surface area (TPSA) is 248 Å². The predicted molar refractivity (Wildman–Crippen MR) is 285 cm³/mol.